The minimum absolute atomic E-state index is 0.0216. The second-order valence-electron chi connectivity index (χ2n) is 4.81. The van der Waals surface area contributed by atoms with Crippen LogP contribution in [-0.4, -0.2) is 42.9 Å². The van der Waals surface area contributed by atoms with Crippen LogP contribution in [0.15, 0.2) is 11.4 Å². The van der Waals surface area contributed by atoms with Crippen LogP contribution >= 0.6 is 11.3 Å². The molecular weight excluding hydrogens is 274 g/mol. The van der Waals surface area contributed by atoms with Crippen molar-refractivity contribution < 1.29 is 9.59 Å². The summed E-state index contributed by atoms with van der Waals surface area (Å²) in [5.41, 5.74) is 1.27. The van der Waals surface area contributed by atoms with E-state index in [4.69, 9.17) is 0 Å². The third kappa shape index (κ3) is 4.05. The molecule has 0 atom stereocenters. The number of hydrogen-bond donors (Lipinski definition) is 2. The average molecular weight is 295 g/mol. The zero-order valence-corrected chi connectivity index (χ0v) is 12.6. The van der Waals surface area contributed by atoms with Gasteiger partial charge in [0.1, 0.15) is 0 Å². The number of amides is 2. The summed E-state index contributed by atoms with van der Waals surface area (Å²) in [6.07, 6.45) is 1.37. The van der Waals surface area contributed by atoms with Crippen LogP contribution in [0.5, 0.6) is 0 Å². The molecule has 5 nitrogen and oxygen atoms in total. The van der Waals surface area contributed by atoms with Gasteiger partial charge in [0.25, 0.3) is 0 Å². The highest BCUT2D eigenvalue weighted by Crippen LogP contribution is 2.23. The van der Waals surface area contributed by atoms with Crippen molar-refractivity contribution in [1.29, 1.82) is 0 Å². The van der Waals surface area contributed by atoms with E-state index in [-0.39, 0.29) is 11.8 Å². The van der Waals surface area contributed by atoms with E-state index in [1.807, 2.05) is 11.8 Å². The van der Waals surface area contributed by atoms with Crippen molar-refractivity contribution in [3.63, 3.8) is 0 Å². The number of nitrogens with zero attached hydrogens (tertiary/aromatic N) is 1. The molecule has 1 aromatic heterocycles. The quantitative estimate of drug-likeness (QED) is 0.761. The van der Waals surface area contributed by atoms with E-state index in [1.54, 1.807) is 11.3 Å². The molecule has 20 heavy (non-hydrogen) atoms. The Morgan fingerprint density at radius 1 is 1.45 bits per heavy atom. The van der Waals surface area contributed by atoms with Gasteiger partial charge in [-0.05, 0) is 30.4 Å². The topological polar surface area (TPSA) is 61.4 Å². The Labute approximate surface area is 123 Å². The number of rotatable bonds is 6. The Morgan fingerprint density at radius 3 is 3.10 bits per heavy atom. The summed E-state index contributed by atoms with van der Waals surface area (Å²) in [6.45, 7) is 4.90. The zero-order valence-electron chi connectivity index (χ0n) is 11.8. The number of carbonyl (C=O) groups excluding carboxylic acids is 2. The smallest absolute Gasteiger partial charge is 0.236 e. The Morgan fingerprint density at radius 2 is 2.30 bits per heavy atom. The average Bonchev–Trinajstić information content (AvgIpc) is 2.91. The first-order chi connectivity index (χ1) is 9.70. The first-order valence-corrected chi connectivity index (χ1v) is 7.89. The minimum atomic E-state index is 0.0216. The van der Waals surface area contributed by atoms with Crippen molar-refractivity contribution in [2.75, 3.05) is 26.2 Å². The Balaban J connectivity index is 1.67. The second-order valence-corrected chi connectivity index (χ2v) is 5.82. The maximum atomic E-state index is 12.1. The van der Waals surface area contributed by atoms with Gasteiger partial charge >= 0.3 is 0 Å². The third-order valence-corrected chi connectivity index (χ3v) is 4.36. The van der Waals surface area contributed by atoms with Crippen molar-refractivity contribution in [3.05, 3.63) is 21.9 Å². The number of carbonyl (C=O) groups is 2. The van der Waals surface area contributed by atoms with Crippen molar-refractivity contribution >= 4 is 23.2 Å². The van der Waals surface area contributed by atoms with Gasteiger partial charge in [0, 0.05) is 37.5 Å². The number of thiophene rings is 1. The summed E-state index contributed by atoms with van der Waals surface area (Å²) in [5.74, 6) is 0.131. The Kier molecular flexibility index (Phi) is 5.55. The molecular formula is C14H21N3O2S. The highest BCUT2D eigenvalue weighted by Gasteiger charge is 2.20. The largest absolute Gasteiger partial charge is 0.356 e. The molecule has 0 saturated heterocycles. The van der Waals surface area contributed by atoms with Gasteiger partial charge < -0.3 is 15.5 Å². The molecule has 1 aromatic rings. The lowest BCUT2D eigenvalue weighted by Gasteiger charge is -2.27. The molecule has 0 bridgehead atoms. The SMILES string of the molecule is CCNC(=O)CCNCC(=O)N1CCc2sccc2C1. The second kappa shape index (κ2) is 7.40. The van der Waals surface area contributed by atoms with Crippen molar-refractivity contribution in [3.8, 4) is 0 Å². The molecule has 0 saturated carbocycles. The van der Waals surface area contributed by atoms with Gasteiger partial charge in [0.05, 0.1) is 6.54 Å². The summed E-state index contributed by atoms with van der Waals surface area (Å²) < 4.78 is 0. The van der Waals surface area contributed by atoms with Crippen LogP contribution in [0.2, 0.25) is 0 Å². The predicted molar refractivity (Wildman–Crippen MR) is 79.6 cm³/mol. The molecule has 2 heterocycles. The molecule has 1 aliphatic heterocycles. The molecule has 0 unspecified atom stereocenters. The van der Waals surface area contributed by atoms with Gasteiger partial charge in [-0.3, -0.25) is 9.59 Å². The van der Waals surface area contributed by atoms with Crippen LogP contribution < -0.4 is 10.6 Å². The Hall–Kier alpha value is -1.40. The van der Waals surface area contributed by atoms with Crippen molar-refractivity contribution in [1.82, 2.24) is 15.5 Å². The van der Waals surface area contributed by atoms with Crippen molar-refractivity contribution in [2.45, 2.75) is 26.3 Å². The molecule has 0 radical (unpaired) electrons. The number of hydrogen-bond acceptors (Lipinski definition) is 4. The van der Waals surface area contributed by atoms with E-state index < -0.39 is 0 Å². The van der Waals surface area contributed by atoms with Crippen LogP contribution in [0.3, 0.4) is 0 Å². The van der Waals surface area contributed by atoms with Gasteiger partial charge in [-0.25, -0.2) is 0 Å². The van der Waals surface area contributed by atoms with Crippen molar-refractivity contribution in [2.24, 2.45) is 0 Å². The zero-order chi connectivity index (χ0) is 14.4. The van der Waals surface area contributed by atoms with Crippen LogP contribution in [0, 0.1) is 0 Å². The van der Waals surface area contributed by atoms with Crippen LogP contribution in [0.1, 0.15) is 23.8 Å². The number of fused-ring (bicyclic) bond motifs is 1. The molecule has 2 rings (SSSR count). The molecule has 6 heteroatoms. The first-order valence-electron chi connectivity index (χ1n) is 7.01. The molecule has 0 aromatic carbocycles. The van der Waals surface area contributed by atoms with E-state index >= 15 is 0 Å². The van der Waals surface area contributed by atoms with E-state index in [0.717, 1.165) is 19.5 Å². The van der Waals surface area contributed by atoms with Crippen LogP contribution in [0.4, 0.5) is 0 Å². The third-order valence-electron chi connectivity index (χ3n) is 3.34. The Bertz CT molecular complexity index is 473. The van der Waals surface area contributed by atoms with Crippen LogP contribution in [0.25, 0.3) is 0 Å². The van der Waals surface area contributed by atoms with E-state index in [0.29, 0.717) is 26.1 Å². The highest BCUT2D eigenvalue weighted by molar-refractivity contribution is 7.10. The summed E-state index contributed by atoms with van der Waals surface area (Å²) in [6, 6.07) is 2.10. The molecule has 1 aliphatic rings. The van der Waals surface area contributed by atoms with Crippen LogP contribution in [-0.2, 0) is 22.6 Å². The lowest BCUT2D eigenvalue weighted by molar-refractivity contribution is -0.131. The normalized spacial score (nSPS) is 13.9. The lowest BCUT2D eigenvalue weighted by Crippen LogP contribution is -2.41. The maximum Gasteiger partial charge on any atom is 0.236 e. The summed E-state index contributed by atoms with van der Waals surface area (Å²) >= 11 is 1.77. The fourth-order valence-electron chi connectivity index (χ4n) is 2.26. The van der Waals surface area contributed by atoms with Gasteiger partial charge in [-0.2, -0.15) is 0 Å². The van der Waals surface area contributed by atoms with Gasteiger partial charge in [-0.15, -0.1) is 11.3 Å². The number of nitrogens with one attached hydrogen (secondary N) is 2. The summed E-state index contributed by atoms with van der Waals surface area (Å²) in [5, 5.41) is 7.86. The summed E-state index contributed by atoms with van der Waals surface area (Å²) in [7, 11) is 0. The standard InChI is InChI=1S/C14H21N3O2S/c1-2-16-13(18)3-6-15-9-14(19)17-7-4-12-11(10-17)5-8-20-12/h5,8,15H,2-4,6-7,9-10H2,1H3,(H,16,18). The van der Waals surface area contributed by atoms with E-state index in [1.165, 1.54) is 10.4 Å². The fourth-order valence-corrected chi connectivity index (χ4v) is 3.15. The molecule has 110 valence electrons. The van der Waals surface area contributed by atoms with Gasteiger partial charge in [0.2, 0.25) is 11.8 Å². The first kappa shape index (κ1) is 15.0. The molecule has 0 fully saturated rings. The van der Waals surface area contributed by atoms with E-state index in [9.17, 15) is 9.59 Å². The summed E-state index contributed by atoms with van der Waals surface area (Å²) in [4.78, 5) is 26.6. The molecule has 0 aliphatic carbocycles. The molecule has 0 spiro atoms. The monoisotopic (exact) mass is 295 g/mol. The molecule has 2 amide bonds. The minimum Gasteiger partial charge on any atom is -0.356 e. The van der Waals surface area contributed by atoms with Gasteiger partial charge in [-0.1, -0.05) is 0 Å². The predicted octanol–water partition coefficient (Wildman–Crippen LogP) is 0.749. The van der Waals surface area contributed by atoms with Gasteiger partial charge in [0.15, 0.2) is 0 Å². The molecule has 2 N–H and O–H groups in total. The lowest BCUT2D eigenvalue weighted by atomic mass is 10.1. The fraction of sp³-hybridized carbons (Fsp3) is 0.571. The highest BCUT2D eigenvalue weighted by atomic mass is 32.1. The van der Waals surface area contributed by atoms with E-state index in [2.05, 4.69) is 22.1 Å². The maximum absolute atomic E-state index is 12.1.